The molecule has 1 unspecified atom stereocenters. The van der Waals surface area contributed by atoms with E-state index in [2.05, 4.69) is 5.32 Å². The van der Waals surface area contributed by atoms with Gasteiger partial charge in [0.2, 0.25) is 15.9 Å². The number of nitrogens with zero attached hydrogens (tertiary/aromatic N) is 2. The Labute approximate surface area is 198 Å². The summed E-state index contributed by atoms with van der Waals surface area (Å²) in [6, 6.07) is 8.95. The first-order valence-electron chi connectivity index (χ1n) is 10.1. The Morgan fingerprint density at radius 3 is 2.28 bits per heavy atom. The summed E-state index contributed by atoms with van der Waals surface area (Å²) in [6.45, 7) is 6.22. The summed E-state index contributed by atoms with van der Waals surface area (Å²) in [5, 5.41) is 3.01. The lowest BCUT2D eigenvalue weighted by Gasteiger charge is -2.35. The van der Waals surface area contributed by atoms with Gasteiger partial charge in [-0.2, -0.15) is 4.31 Å². The molecule has 2 aromatic carbocycles. The number of carbonyl (C=O) groups is 2. The Morgan fingerprint density at radius 2 is 1.66 bits per heavy atom. The van der Waals surface area contributed by atoms with Crippen molar-refractivity contribution < 1.29 is 18.0 Å². The van der Waals surface area contributed by atoms with E-state index < -0.39 is 22.0 Å². The number of aryl methyl sites for hydroxylation is 2. The molecule has 1 aliphatic rings. The van der Waals surface area contributed by atoms with Crippen molar-refractivity contribution >= 4 is 45.0 Å². The molecule has 2 amide bonds. The second-order valence-electron chi connectivity index (χ2n) is 7.77. The topological polar surface area (TPSA) is 86.8 Å². The van der Waals surface area contributed by atoms with Crippen molar-refractivity contribution in [2.45, 2.75) is 31.7 Å². The van der Waals surface area contributed by atoms with E-state index in [4.69, 9.17) is 23.2 Å². The summed E-state index contributed by atoms with van der Waals surface area (Å²) in [5.41, 5.74) is 2.11. The number of carbonyl (C=O) groups excluding carboxylic acids is 2. The monoisotopic (exact) mass is 497 g/mol. The lowest BCUT2D eigenvalue weighted by Crippen LogP contribution is -2.55. The van der Waals surface area contributed by atoms with Gasteiger partial charge < -0.3 is 10.2 Å². The van der Waals surface area contributed by atoms with Crippen LogP contribution in [0.5, 0.6) is 0 Å². The second kappa shape index (κ2) is 9.79. The predicted molar refractivity (Wildman–Crippen MR) is 125 cm³/mol. The molecular weight excluding hydrogens is 473 g/mol. The van der Waals surface area contributed by atoms with Gasteiger partial charge in [-0.1, -0.05) is 35.3 Å². The van der Waals surface area contributed by atoms with Gasteiger partial charge in [0.05, 0.1) is 20.5 Å². The van der Waals surface area contributed by atoms with Crippen LogP contribution >= 0.6 is 23.2 Å². The molecule has 2 aromatic rings. The number of amides is 2. The number of piperazine rings is 1. The quantitative estimate of drug-likeness (QED) is 0.686. The zero-order valence-corrected chi connectivity index (χ0v) is 20.4. The number of hydrogen-bond acceptors (Lipinski definition) is 4. The van der Waals surface area contributed by atoms with Crippen LogP contribution in [0.15, 0.2) is 41.3 Å². The van der Waals surface area contributed by atoms with Gasteiger partial charge in [-0.15, -0.1) is 0 Å². The molecule has 1 heterocycles. The molecule has 0 aliphatic carbocycles. The summed E-state index contributed by atoms with van der Waals surface area (Å²) in [4.78, 5) is 27.1. The molecule has 1 aliphatic heterocycles. The molecule has 10 heteroatoms. The van der Waals surface area contributed by atoms with Gasteiger partial charge in [0.25, 0.3) is 5.91 Å². The molecule has 0 spiro atoms. The van der Waals surface area contributed by atoms with Crippen LogP contribution < -0.4 is 5.32 Å². The molecule has 32 heavy (non-hydrogen) atoms. The van der Waals surface area contributed by atoms with E-state index in [-0.39, 0.29) is 52.6 Å². The van der Waals surface area contributed by atoms with E-state index in [9.17, 15) is 18.0 Å². The smallest absolute Gasteiger partial charge is 0.253 e. The van der Waals surface area contributed by atoms with Crippen molar-refractivity contribution in [2.75, 3.05) is 26.2 Å². The van der Waals surface area contributed by atoms with E-state index >= 15 is 0 Å². The Kier molecular flexibility index (Phi) is 7.50. The summed E-state index contributed by atoms with van der Waals surface area (Å²) in [7, 11) is -3.64. The predicted octanol–water partition coefficient (Wildman–Crippen LogP) is 3.26. The van der Waals surface area contributed by atoms with Gasteiger partial charge in [-0.25, -0.2) is 8.42 Å². The molecule has 1 atom stereocenters. The first-order valence-corrected chi connectivity index (χ1v) is 12.3. The first kappa shape index (κ1) is 24.5. The molecule has 7 nitrogen and oxygen atoms in total. The highest BCUT2D eigenvalue weighted by Crippen LogP contribution is 2.25. The minimum atomic E-state index is -3.64. The van der Waals surface area contributed by atoms with Crippen molar-refractivity contribution in [2.24, 2.45) is 0 Å². The number of hydrogen-bond donors (Lipinski definition) is 1. The van der Waals surface area contributed by atoms with Gasteiger partial charge in [0.1, 0.15) is 6.04 Å². The standard InChI is InChI=1S/C22H25Cl2N3O4S/c1-14-7-8-17(13-15(14)2)32(30,31)27-11-9-26(10-12-27)22(29)16(3)25-21(28)18-5-4-6-19(23)20(18)24/h4-8,13,16H,9-12H2,1-3H3,(H,25,28). The third-order valence-corrected chi connectivity index (χ3v) is 8.29. The highest BCUT2D eigenvalue weighted by molar-refractivity contribution is 7.89. The van der Waals surface area contributed by atoms with Crippen LogP contribution in [-0.4, -0.2) is 61.7 Å². The first-order chi connectivity index (χ1) is 15.0. The summed E-state index contributed by atoms with van der Waals surface area (Å²) >= 11 is 12.0. The fourth-order valence-corrected chi connectivity index (χ4v) is 5.36. The van der Waals surface area contributed by atoms with E-state index in [1.165, 1.54) is 10.4 Å². The fourth-order valence-electron chi connectivity index (χ4n) is 3.46. The zero-order valence-electron chi connectivity index (χ0n) is 18.1. The Hall–Kier alpha value is -2.13. The molecule has 1 N–H and O–H groups in total. The Morgan fingerprint density at radius 1 is 1.00 bits per heavy atom. The second-order valence-corrected chi connectivity index (χ2v) is 10.5. The normalized spacial score (nSPS) is 16.0. The van der Waals surface area contributed by atoms with Gasteiger partial charge in [0, 0.05) is 26.2 Å². The molecule has 1 saturated heterocycles. The van der Waals surface area contributed by atoms with Gasteiger partial charge >= 0.3 is 0 Å². The van der Waals surface area contributed by atoms with Gasteiger partial charge in [-0.05, 0) is 56.2 Å². The highest BCUT2D eigenvalue weighted by Gasteiger charge is 2.32. The lowest BCUT2D eigenvalue weighted by atomic mass is 10.1. The molecule has 0 bridgehead atoms. The van der Waals surface area contributed by atoms with Gasteiger partial charge in [-0.3, -0.25) is 9.59 Å². The summed E-state index contributed by atoms with van der Waals surface area (Å²) in [6.07, 6.45) is 0. The van der Waals surface area contributed by atoms with Crippen LogP contribution in [0.4, 0.5) is 0 Å². The summed E-state index contributed by atoms with van der Waals surface area (Å²) in [5.74, 6) is -0.797. The lowest BCUT2D eigenvalue weighted by molar-refractivity contribution is -0.134. The maximum absolute atomic E-state index is 13.0. The largest absolute Gasteiger partial charge is 0.340 e. The maximum atomic E-state index is 13.0. The molecular formula is C22H25Cl2N3O4S. The van der Waals surface area contributed by atoms with Crippen molar-refractivity contribution in [1.82, 2.24) is 14.5 Å². The van der Waals surface area contributed by atoms with Crippen LogP contribution in [0.2, 0.25) is 10.0 Å². The Bertz CT molecular complexity index is 1150. The van der Waals surface area contributed by atoms with E-state index in [0.29, 0.717) is 0 Å². The molecule has 1 fully saturated rings. The minimum Gasteiger partial charge on any atom is -0.340 e. The third kappa shape index (κ3) is 5.09. The Balaban J connectivity index is 1.61. The molecule has 0 aromatic heterocycles. The third-order valence-electron chi connectivity index (χ3n) is 5.58. The average Bonchev–Trinajstić information content (AvgIpc) is 2.76. The fraction of sp³-hybridized carbons (Fsp3) is 0.364. The number of benzene rings is 2. The van der Waals surface area contributed by atoms with Crippen molar-refractivity contribution in [3.05, 3.63) is 63.1 Å². The SMILES string of the molecule is Cc1ccc(S(=O)(=O)N2CCN(C(=O)C(C)NC(=O)c3cccc(Cl)c3Cl)CC2)cc1C. The van der Waals surface area contributed by atoms with Crippen LogP contribution in [-0.2, 0) is 14.8 Å². The number of sulfonamides is 1. The van der Waals surface area contributed by atoms with Crippen LogP contribution in [0.25, 0.3) is 0 Å². The van der Waals surface area contributed by atoms with E-state index in [1.54, 1.807) is 42.2 Å². The van der Waals surface area contributed by atoms with Crippen molar-refractivity contribution in [3.63, 3.8) is 0 Å². The molecule has 0 saturated carbocycles. The molecule has 172 valence electrons. The van der Waals surface area contributed by atoms with Crippen LogP contribution in [0.3, 0.4) is 0 Å². The molecule has 0 radical (unpaired) electrons. The van der Waals surface area contributed by atoms with Gasteiger partial charge in [0.15, 0.2) is 0 Å². The highest BCUT2D eigenvalue weighted by atomic mass is 35.5. The molecule has 3 rings (SSSR count). The minimum absolute atomic E-state index is 0.122. The van der Waals surface area contributed by atoms with Crippen LogP contribution in [0.1, 0.15) is 28.4 Å². The van der Waals surface area contributed by atoms with Crippen molar-refractivity contribution in [1.29, 1.82) is 0 Å². The van der Waals surface area contributed by atoms with Crippen LogP contribution in [0, 0.1) is 13.8 Å². The van der Waals surface area contributed by atoms with E-state index in [1.807, 2.05) is 13.8 Å². The average molecular weight is 498 g/mol. The zero-order chi connectivity index (χ0) is 23.6. The van der Waals surface area contributed by atoms with E-state index in [0.717, 1.165) is 11.1 Å². The number of nitrogens with one attached hydrogen (secondary N) is 1. The number of rotatable bonds is 5. The maximum Gasteiger partial charge on any atom is 0.253 e. The summed E-state index contributed by atoms with van der Waals surface area (Å²) < 4.78 is 27.3. The number of halogens is 2. The van der Waals surface area contributed by atoms with Crippen molar-refractivity contribution in [3.8, 4) is 0 Å².